The van der Waals surface area contributed by atoms with Gasteiger partial charge in [0.05, 0.1) is 5.56 Å². The number of ether oxygens (including phenoxy) is 1. The summed E-state index contributed by atoms with van der Waals surface area (Å²) >= 11 is 1.36. The van der Waals surface area contributed by atoms with E-state index in [0.29, 0.717) is 28.7 Å². The molecule has 5 nitrogen and oxygen atoms in total. The maximum Gasteiger partial charge on any atom is 0.265 e. The summed E-state index contributed by atoms with van der Waals surface area (Å²) in [6.45, 7) is 9.80. The van der Waals surface area contributed by atoms with Crippen molar-refractivity contribution in [2.24, 2.45) is 5.73 Å². The van der Waals surface area contributed by atoms with Crippen molar-refractivity contribution in [2.75, 3.05) is 5.32 Å². The molecule has 0 saturated carbocycles. The lowest BCUT2D eigenvalue weighted by Crippen LogP contribution is -2.30. The first kappa shape index (κ1) is 20.0. The third kappa shape index (κ3) is 4.43. The minimum absolute atomic E-state index is 0.315. The first-order valence-corrected chi connectivity index (χ1v) is 9.55. The summed E-state index contributed by atoms with van der Waals surface area (Å²) in [5.41, 5.74) is 8.00. The summed E-state index contributed by atoms with van der Waals surface area (Å²) in [6.07, 6.45) is -0.0156. The monoisotopic (exact) mass is 374 g/mol. The molecule has 0 fully saturated rings. The van der Waals surface area contributed by atoms with Crippen LogP contribution < -0.4 is 15.8 Å². The Kier molecular flexibility index (Phi) is 6.42. The molecule has 2 amide bonds. The molecule has 0 aliphatic carbocycles. The average molecular weight is 375 g/mol. The van der Waals surface area contributed by atoms with E-state index in [0.717, 1.165) is 10.4 Å². The van der Waals surface area contributed by atoms with Crippen LogP contribution in [0.25, 0.3) is 0 Å². The Hall–Kier alpha value is -2.34. The van der Waals surface area contributed by atoms with Crippen molar-refractivity contribution in [2.45, 2.75) is 53.1 Å². The van der Waals surface area contributed by atoms with Gasteiger partial charge in [-0.3, -0.25) is 9.59 Å². The van der Waals surface area contributed by atoms with Gasteiger partial charge in [-0.15, -0.1) is 11.3 Å². The Morgan fingerprint density at radius 1 is 1.19 bits per heavy atom. The second-order valence-corrected chi connectivity index (χ2v) is 7.76. The van der Waals surface area contributed by atoms with E-state index in [1.165, 1.54) is 16.9 Å². The number of hydrogen-bond acceptors (Lipinski definition) is 4. The molecule has 6 heteroatoms. The Labute approximate surface area is 158 Å². The van der Waals surface area contributed by atoms with Crippen molar-refractivity contribution in [1.29, 1.82) is 0 Å². The van der Waals surface area contributed by atoms with Gasteiger partial charge in [-0.1, -0.05) is 32.9 Å². The van der Waals surface area contributed by atoms with Crippen LogP contribution in [0.15, 0.2) is 24.3 Å². The smallest absolute Gasteiger partial charge is 0.265 e. The maximum atomic E-state index is 12.5. The van der Waals surface area contributed by atoms with Crippen molar-refractivity contribution >= 4 is 28.2 Å². The van der Waals surface area contributed by atoms with E-state index in [1.54, 1.807) is 6.92 Å². The van der Waals surface area contributed by atoms with Gasteiger partial charge >= 0.3 is 0 Å². The van der Waals surface area contributed by atoms with E-state index in [4.69, 9.17) is 10.5 Å². The number of amides is 2. The van der Waals surface area contributed by atoms with Gasteiger partial charge in [-0.05, 0) is 49.4 Å². The van der Waals surface area contributed by atoms with Gasteiger partial charge in [0.15, 0.2) is 6.10 Å². The number of benzene rings is 1. The highest BCUT2D eigenvalue weighted by Crippen LogP contribution is 2.33. The fraction of sp³-hybridized carbons (Fsp3) is 0.400. The third-order valence-electron chi connectivity index (χ3n) is 4.27. The zero-order valence-electron chi connectivity index (χ0n) is 15.9. The minimum atomic E-state index is -0.701. The number of rotatable bonds is 7. The lowest BCUT2D eigenvalue weighted by molar-refractivity contribution is -0.122. The Bertz CT molecular complexity index is 794. The molecule has 26 heavy (non-hydrogen) atoms. The van der Waals surface area contributed by atoms with Gasteiger partial charge in [-0.25, -0.2) is 0 Å². The molecule has 1 heterocycles. The number of hydrogen-bond donors (Lipinski definition) is 2. The highest BCUT2D eigenvalue weighted by atomic mass is 32.1. The van der Waals surface area contributed by atoms with Gasteiger partial charge in [-0.2, -0.15) is 0 Å². The van der Waals surface area contributed by atoms with Gasteiger partial charge in [0.25, 0.3) is 11.8 Å². The van der Waals surface area contributed by atoms with Crippen molar-refractivity contribution in [3.63, 3.8) is 0 Å². The van der Waals surface area contributed by atoms with Crippen LogP contribution in [0.2, 0.25) is 0 Å². The lowest BCUT2D eigenvalue weighted by atomic mass is 10.0. The second kappa shape index (κ2) is 8.36. The molecule has 0 radical (unpaired) electrons. The molecular weight excluding hydrogens is 348 g/mol. The molecule has 2 rings (SSSR count). The summed E-state index contributed by atoms with van der Waals surface area (Å²) in [5, 5.41) is 3.28. The number of aryl methyl sites for hydroxylation is 1. The molecule has 0 bridgehead atoms. The van der Waals surface area contributed by atoms with Crippen molar-refractivity contribution in [1.82, 2.24) is 0 Å². The number of nitrogens with one attached hydrogen (secondary N) is 1. The van der Waals surface area contributed by atoms with Crippen molar-refractivity contribution in [3.05, 3.63) is 45.8 Å². The second-order valence-electron chi connectivity index (χ2n) is 6.53. The van der Waals surface area contributed by atoms with Crippen LogP contribution in [-0.2, 0) is 11.2 Å². The van der Waals surface area contributed by atoms with Crippen LogP contribution in [0.3, 0.4) is 0 Å². The number of thiophene rings is 1. The van der Waals surface area contributed by atoms with Crippen molar-refractivity contribution in [3.8, 4) is 5.75 Å². The largest absolute Gasteiger partial charge is 0.481 e. The third-order valence-corrected chi connectivity index (χ3v) is 5.34. The first-order valence-electron chi connectivity index (χ1n) is 8.74. The van der Waals surface area contributed by atoms with Crippen LogP contribution in [0.4, 0.5) is 5.00 Å². The number of nitrogens with two attached hydrogens (primary N) is 1. The van der Waals surface area contributed by atoms with E-state index in [1.807, 2.05) is 38.1 Å². The number of primary amides is 1. The van der Waals surface area contributed by atoms with Gasteiger partial charge < -0.3 is 15.8 Å². The fourth-order valence-corrected chi connectivity index (χ4v) is 3.91. The fourth-order valence-electron chi connectivity index (χ4n) is 2.76. The zero-order valence-corrected chi connectivity index (χ0v) is 16.7. The van der Waals surface area contributed by atoms with E-state index < -0.39 is 12.0 Å². The maximum absolute atomic E-state index is 12.5. The molecule has 1 aromatic heterocycles. The van der Waals surface area contributed by atoms with Crippen LogP contribution in [0.1, 0.15) is 60.0 Å². The molecule has 1 unspecified atom stereocenters. The Morgan fingerprint density at radius 3 is 2.31 bits per heavy atom. The molecule has 1 aromatic carbocycles. The highest BCUT2D eigenvalue weighted by Gasteiger charge is 2.23. The van der Waals surface area contributed by atoms with E-state index >= 15 is 0 Å². The summed E-state index contributed by atoms with van der Waals surface area (Å²) in [5.74, 6) is 0.222. The van der Waals surface area contributed by atoms with Crippen LogP contribution in [0.5, 0.6) is 5.75 Å². The zero-order chi connectivity index (χ0) is 19.4. The van der Waals surface area contributed by atoms with Gasteiger partial charge in [0.1, 0.15) is 10.8 Å². The van der Waals surface area contributed by atoms with Crippen LogP contribution >= 0.6 is 11.3 Å². The molecule has 2 aromatic rings. The SMILES string of the molecule is CCc1c(C)sc(NC(=O)C(C)Oc2ccc(C(C)C)cc2)c1C(N)=O. The number of anilines is 1. The average Bonchev–Trinajstić information content (AvgIpc) is 2.90. The molecule has 1 atom stereocenters. The van der Waals surface area contributed by atoms with Crippen molar-refractivity contribution < 1.29 is 14.3 Å². The highest BCUT2D eigenvalue weighted by molar-refractivity contribution is 7.16. The topological polar surface area (TPSA) is 81.4 Å². The predicted octanol–water partition coefficient (Wildman–Crippen LogP) is 4.25. The summed E-state index contributed by atoms with van der Waals surface area (Å²) in [4.78, 5) is 25.3. The Morgan fingerprint density at radius 2 is 1.81 bits per heavy atom. The van der Waals surface area contributed by atoms with Crippen LogP contribution in [-0.4, -0.2) is 17.9 Å². The van der Waals surface area contributed by atoms with Gasteiger partial charge in [0, 0.05) is 4.88 Å². The van der Waals surface area contributed by atoms with E-state index in [2.05, 4.69) is 19.2 Å². The molecule has 0 aliphatic heterocycles. The summed E-state index contributed by atoms with van der Waals surface area (Å²) in [6, 6.07) is 7.70. The number of carbonyl (C=O) groups is 2. The minimum Gasteiger partial charge on any atom is -0.481 e. The summed E-state index contributed by atoms with van der Waals surface area (Å²) in [7, 11) is 0. The molecule has 0 spiro atoms. The first-order chi connectivity index (χ1) is 12.2. The quantitative estimate of drug-likeness (QED) is 0.760. The van der Waals surface area contributed by atoms with Gasteiger partial charge in [0.2, 0.25) is 0 Å². The molecule has 0 saturated heterocycles. The van der Waals surface area contributed by atoms with Crippen LogP contribution in [0, 0.1) is 6.92 Å². The molecule has 3 N–H and O–H groups in total. The summed E-state index contributed by atoms with van der Waals surface area (Å²) < 4.78 is 5.72. The Balaban J connectivity index is 2.11. The van der Waals surface area contributed by atoms with E-state index in [-0.39, 0.29) is 5.91 Å². The predicted molar refractivity (Wildman–Crippen MR) is 106 cm³/mol. The normalized spacial score (nSPS) is 12.1. The number of carbonyl (C=O) groups excluding carboxylic acids is 2. The van der Waals surface area contributed by atoms with E-state index in [9.17, 15) is 9.59 Å². The molecular formula is C20H26N2O3S. The molecule has 0 aliphatic rings. The lowest BCUT2D eigenvalue weighted by Gasteiger charge is -2.15. The molecule has 140 valence electrons. The standard InChI is InChI=1S/C20H26N2O3S/c1-6-16-13(5)26-20(17(16)18(21)23)22-19(24)12(4)25-15-9-7-14(8-10-15)11(2)3/h7-12H,6H2,1-5H3,(H2,21,23)(H,22,24).